The van der Waals surface area contributed by atoms with Crippen molar-refractivity contribution in [1.82, 2.24) is 4.90 Å². The van der Waals surface area contributed by atoms with Crippen molar-refractivity contribution < 1.29 is 14.3 Å². The van der Waals surface area contributed by atoms with Gasteiger partial charge in [0.25, 0.3) is 0 Å². The van der Waals surface area contributed by atoms with Gasteiger partial charge >= 0.3 is 5.97 Å². The zero-order valence-electron chi connectivity index (χ0n) is 7.52. The Labute approximate surface area is 76.8 Å². The Morgan fingerprint density at radius 3 is 3.23 bits per heavy atom. The smallest absolute Gasteiger partial charge is 0.336 e. The van der Waals surface area contributed by atoms with E-state index in [1.165, 1.54) is 7.11 Å². The van der Waals surface area contributed by atoms with Crippen LogP contribution >= 0.6 is 0 Å². The molecule has 0 spiro atoms. The molecule has 0 aromatic carbocycles. The lowest BCUT2D eigenvalue weighted by Gasteiger charge is -2.29. The highest BCUT2D eigenvalue weighted by Gasteiger charge is 2.26. The summed E-state index contributed by atoms with van der Waals surface area (Å²) in [5.41, 5.74) is 0. The molecular formula is C8H12N2O3. The number of rotatable bonds is 2. The van der Waals surface area contributed by atoms with Crippen LogP contribution in [0.15, 0.2) is 0 Å². The van der Waals surface area contributed by atoms with Crippen LogP contribution in [0.2, 0.25) is 0 Å². The predicted molar refractivity (Wildman–Crippen MR) is 43.8 cm³/mol. The van der Waals surface area contributed by atoms with Gasteiger partial charge in [-0.15, -0.1) is 0 Å². The lowest BCUT2D eigenvalue weighted by Crippen LogP contribution is -2.46. The van der Waals surface area contributed by atoms with E-state index < -0.39 is 6.10 Å². The van der Waals surface area contributed by atoms with Gasteiger partial charge in [0.2, 0.25) is 0 Å². The minimum absolute atomic E-state index is 0.330. The average molecular weight is 184 g/mol. The SMILES string of the molecule is COC(=O)[C@H]1CN(CC#N)CCO1. The van der Waals surface area contributed by atoms with E-state index in [2.05, 4.69) is 4.74 Å². The highest BCUT2D eigenvalue weighted by Crippen LogP contribution is 2.05. The molecule has 0 unspecified atom stereocenters. The van der Waals surface area contributed by atoms with Crippen LogP contribution in [0.4, 0.5) is 0 Å². The van der Waals surface area contributed by atoms with Gasteiger partial charge in [0.05, 0.1) is 26.3 Å². The number of hydrogen-bond acceptors (Lipinski definition) is 5. The molecule has 5 nitrogen and oxygen atoms in total. The van der Waals surface area contributed by atoms with Gasteiger partial charge in [-0.3, -0.25) is 4.90 Å². The normalized spacial score (nSPS) is 23.5. The van der Waals surface area contributed by atoms with Crippen LogP contribution in [0.5, 0.6) is 0 Å². The van der Waals surface area contributed by atoms with Gasteiger partial charge in [0.15, 0.2) is 6.10 Å². The molecule has 13 heavy (non-hydrogen) atoms. The Bertz CT molecular complexity index is 224. The second-order valence-electron chi connectivity index (χ2n) is 2.78. The van der Waals surface area contributed by atoms with E-state index in [-0.39, 0.29) is 5.97 Å². The first kappa shape index (κ1) is 9.96. The Morgan fingerprint density at radius 1 is 1.85 bits per heavy atom. The quantitative estimate of drug-likeness (QED) is 0.423. The summed E-state index contributed by atoms with van der Waals surface area (Å²) in [6, 6.07) is 2.03. The molecule has 1 fully saturated rings. The Balaban J connectivity index is 2.42. The summed E-state index contributed by atoms with van der Waals surface area (Å²) in [4.78, 5) is 12.9. The topological polar surface area (TPSA) is 62.6 Å². The summed E-state index contributed by atoms with van der Waals surface area (Å²) in [5.74, 6) is -0.373. The number of nitrogens with zero attached hydrogens (tertiary/aromatic N) is 2. The van der Waals surface area contributed by atoms with Crippen molar-refractivity contribution in [3.05, 3.63) is 0 Å². The Hall–Kier alpha value is -1.12. The number of carbonyl (C=O) groups is 1. The highest BCUT2D eigenvalue weighted by atomic mass is 16.6. The fourth-order valence-electron chi connectivity index (χ4n) is 1.22. The van der Waals surface area contributed by atoms with Crippen LogP contribution in [-0.2, 0) is 14.3 Å². The largest absolute Gasteiger partial charge is 0.467 e. The van der Waals surface area contributed by atoms with Gasteiger partial charge < -0.3 is 9.47 Å². The van der Waals surface area contributed by atoms with Gasteiger partial charge in [-0.05, 0) is 0 Å². The molecule has 0 saturated carbocycles. The zero-order chi connectivity index (χ0) is 9.68. The van der Waals surface area contributed by atoms with Crippen molar-refractivity contribution in [3.8, 4) is 6.07 Å². The summed E-state index contributed by atoms with van der Waals surface area (Å²) >= 11 is 0. The van der Waals surface area contributed by atoms with Crippen LogP contribution in [-0.4, -0.2) is 50.3 Å². The third-order valence-corrected chi connectivity index (χ3v) is 1.91. The molecule has 1 aliphatic heterocycles. The molecule has 5 heteroatoms. The fraction of sp³-hybridized carbons (Fsp3) is 0.750. The van der Waals surface area contributed by atoms with Gasteiger partial charge in [0, 0.05) is 13.1 Å². The standard InChI is InChI=1S/C8H12N2O3/c1-12-8(11)7-6-10(3-2-9)4-5-13-7/h7H,3-6H2,1H3/t7-/m1/s1. The fourth-order valence-corrected chi connectivity index (χ4v) is 1.22. The van der Waals surface area contributed by atoms with Gasteiger partial charge in [-0.1, -0.05) is 0 Å². The Morgan fingerprint density at radius 2 is 2.62 bits per heavy atom. The van der Waals surface area contributed by atoms with Crippen molar-refractivity contribution in [2.24, 2.45) is 0 Å². The van der Waals surface area contributed by atoms with Gasteiger partial charge in [-0.25, -0.2) is 4.79 Å². The summed E-state index contributed by atoms with van der Waals surface area (Å²) < 4.78 is 9.72. The summed E-state index contributed by atoms with van der Waals surface area (Å²) in [6.07, 6.45) is -0.535. The minimum atomic E-state index is -0.535. The average Bonchev–Trinajstić information content (AvgIpc) is 2.18. The molecule has 1 aliphatic rings. The second-order valence-corrected chi connectivity index (χ2v) is 2.78. The molecule has 0 N–H and O–H groups in total. The first-order valence-corrected chi connectivity index (χ1v) is 4.06. The number of methoxy groups -OCH3 is 1. The first-order valence-electron chi connectivity index (χ1n) is 4.06. The van der Waals surface area contributed by atoms with Crippen molar-refractivity contribution in [2.45, 2.75) is 6.10 Å². The first-order chi connectivity index (χ1) is 6.27. The van der Waals surface area contributed by atoms with Crippen LogP contribution in [0.1, 0.15) is 0 Å². The Kier molecular flexibility index (Phi) is 3.68. The molecule has 0 aromatic rings. The van der Waals surface area contributed by atoms with Crippen LogP contribution in [0.3, 0.4) is 0 Å². The predicted octanol–water partition coefficient (Wildman–Crippen LogP) is -0.616. The van der Waals surface area contributed by atoms with Crippen molar-refractivity contribution in [3.63, 3.8) is 0 Å². The second kappa shape index (κ2) is 4.80. The molecule has 0 aliphatic carbocycles. The monoisotopic (exact) mass is 184 g/mol. The summed E-state index contributed by atoms with van der Waals surface area (Å²) in [7, 11) is 1.33. The van der Waals surface area contributed by atoms with Crippen LogP contribution in [0, 0.1) is 11.3 Å². The van der Waals surface area contributed by atoms with Crippen molar-refractivity contribution >= 4 is 5.97 Å². The van der Waals surface area contributed by atoms with Crippen molar-refractivity contribution in [2.75, 3.05) is 33.4 Å². The number of carbonyl (C=O) groups excluding carboxylic acids is 1. The molecule has 0 bridgehead atoms. The molecule has 1 saturated heterocycles. The summed E-state index contributed by atoms with van der Waals surface area (Å²) in [5, 5.41) is 8.45. The maximum absolute atomic E-state index is 11.1. The third-order valence-electron chi connectivity index (χ3n) is 1.91. The zero-order valence-corrected chi connectivity index (χ0v) is 7.52. The summed E-state index contributed by atoms with van der Waals surface area (Å²) in [6.45, 7) is 1.94. The highest BCUT2D eigenvalue weighted by molar-refractivity contribution is 5.74. The van der Waals surface area contributed by atoms with Gasteiger partial charge in [0.1, 0.15) is 0 Å². The molecule has 1 rings (SSSR count). The van der Waals surface area contributed by atoms with Gasteiger partial charge in [-0.2, -0.15) is 5.26 Å². The molecule has 0 amide bonds. The molecule has 1 heterocycles. The number of esters is 1. The van der Waals surface area contributed by atoms with E-state index in [4.69, 9.17) is 10.00 Å². The maximum atomic E-state index is 11.1. The van der Waals surface area contributed by atoms with Crippen LogP contribution < -0.4 is 0 Å². The van der Waals surface area contributed by atoms with E-state index >= 15 is 0 Å². The van der Waals surface area contributed by atoms with E-state index in [0.717, 1.165) is 0 Å². The lowest BCUT2D eigenvalue weighted by atomic mass is 10.3. The van der Waals surface area contributed by atoms with E-state index in [1.54, 1.807) is 0 Å². The third kappa shape index (κ3) is 2.68. The number of nitriles is 1. The van der Waals surface area contributed by atoms with E-state index in [1.807, 2.05) is 11.0 Å². The number of ether oxygens (including phenoxy) is 2. The van der Waals surface area contributed by atoms with Crippen LogP contribution in [0.25, 0.3) is 0 Å². The van der Waals surface area contributed by atoms with Crippen molar-refractivity contribution in [1.29, 1.82) is 5.26 Å². The molecule has 0 aromatic heterocycles. The molecule has 1 atom stereocenters. The lowest BCUT2D eigenvalue weighted by molar-refractivity contribution is -0.159. The molecule has 72 valence electrons. The maximum Gasteiger partial charge on any atom is 0.336 e. The minimum Gasteiger partial charge on any atom is -0.467 e. The number of hydrogen-bond donors (Lipinski definition) is 0. The molecular weight excluding hydrogens is 172 g/mol. The van der Waals surface area contributed by atoms with E-state index in [9.17, 15) is 4.79 Å². The number of morpholine rings is 1. The van der Waals surface area contributed by atoms with E-state index in [0.29, 0.717) is 26.2 Å². The molecule has 0 radical (unpaired) electrons.